The van der Waals surface area contributed by atoms with Crippen molar-refractivity contribution in [3.05, 3.63) is 63.5 Å². The summed E-state index contributed by atoms with van der Waals surface area (Å²) in [4.78, 5) is 23.4. The first-order chi connectivity index (χ1) is 13.2. The fourth-order valence-corrected chi connectivity index (χ4v) is 2.88. The van der Waals surface area contributed by atoms with Crippen LogP contribution in [0, 0.1) is 6.92 Å². The first kappa shape index (κ1) is 19.9. The number of amides is 1. The second-order valence-corrected chi connectivity index (χ2v) is 7.04. The Hall–Kier alpha value is -2.84. The summed E-state index contributed by atoms with van der Waals surface area (Å²) in [6, 6.07) is 7.72. The van der Waals surface area contributed by atoms with Crippen LogP contribution in [-0.4, -0.2) is 36.5 Å². The van der Waals surface area contributed by atoms with E-state index in [4.69, 9.17) is 28.3 Å². The van der Waals surface area contributed by atoms with Crippen LogP contribution >= 0.6 is 23.2 Å². The Labute approximate surface area is 170 Å². The maximum Gasteiger partial charge on any atom is 0.356 e. The Balaban J connectivity index is 1.70. The van der Waals surface area contributed by atoms with Crippen LogP contribution in [0.3, 0.4) is 0 Å². The molecule has 0 bridgehead atoms. The predicted octanol–water partition coefficient (Wildman–Crippen LogP) is 3.64. The highest BCUT2D eigenvalue weighted by Gasteiger charge is 2.19. The van der Waals surface area contributed by atoms with Crippen molar-refractivity contribution in [1.29, 1.82) is 0 Å². The maximum atomic E-state index is 12.5. The number of carbonyl (C=O) groups is 2. The van der Waals surface area contributed by atoms with Crippen LogP contribution in [0.1, 0.15) is 34.7 Å². The lowest BCUT2D eigenvalue weighted by atomic mass is 10.2. The van der Waals surface area contributed by atoms with E-state index in [1.54, 1.807) is 29.8 Å². The van der Waals surface area contributed by atoms with Gasteiger partial charge in [0.25, 0.3) is 0 Å². The Morgan fingerprint density at radius 3 is 2.57 bits per heavy atom. The smallest absolute Gasteiger partial charge is 0.356 e. The van der Waals surface area contributed by atoms with Gasteiger partial charge in [-0.25, -0.2) is 4.79 Å². The van der Waals surface area contributed by atoms with E-state index >= 15 is 0 Å². The number of carboxylic acids is 1. The number of nitrogens with zero attached hydrogens (tertiary/aromatic N) is 4. The van der Waals surface area contributed by atoms with Crippen LogP contribution in [0.25, 0.3) is 0 Å². The summed E-state index contributed by atoms with van der Waals surface area (Å²) in [5.74, 6) is -1.12. The number of anilines is 1. The molecular weight excluding hydrogens is 405 g/mol. The van der Waals surface area contributed by atoms with Gasteiger partial charge in [0.05, 0.1) is 16.6 Å². The van der Waals surface area contributed by atoms with Gasteiger partial charge in [-0.05, 0) is 37.6 Å². The molecule has 0 saturated carbocycles. The molecule has 3 aromatic rings. The van der Waals surface area contributed by atoms with Crippen molar-refractivity contribution >= 4 is 40.9 Å². The molecule has 0 aliphatic heterocycles. The van der Waals surface area contributed by atoms with E-state index in [0.717, 1.165) is 11.3 Å². The molecule has 0 aliphatic carbocycles. The zero-order chi connectivity index (χ0) is 20.4. The van der Waals surface area contributed by atoms with Gasteiger partial charge in [-0.15, -0.1) is 0 Å². The fourth-order valence-electron chi connectivity index (χ4n) is 2.56. The maximum absolute atomic E-state index is 12.5. The lowest BCUT2D eigenvalue weighted by Crippen LogP contribution is -2.24. The topological polar surface area (TPSA) is 102 Å². The molecule has 1 unspecified atom stereocenters. The predicted molar refractivity (Wildman–Crippen MR) is 105 cm³/mol. The highest BCUT2D eigenvalue weighted by molar-refractivity contribution is 6.42. The molecule has 1 amide bonds. The van der Waals surface area contributed by atoms with Gasteiger partial charge in [0.2, 0.25) is 5.91 Å². The number of carbonyl (C=O) groups excluding carboxylic acids is 1. The van der Waals surface area contributed by atoms with Crippen molar-refractivity contribution in [3.63, 3.8) is 0 Å². The lowest BCUT2D eigenvalue weighted by Gasteiger charge is -2.11. The molecule has 1 aromatic carbocycles. The fraction of sp³-hybridized carbons (Fsp3) is 0.222. The van der Waals surface area contributed by atoms with Crippen LogP contribution in [0.5, 0.6) is 0 Å². The van der Waals surface area contributed by atoms with E-state index < -0.39 is 12.0 Å². The number of hydrogen-bond donors (Lipinski definition) is 2. The quantitative estimate of drug-likeness (QED) is 0.632. The van der Waals surface area contributed by atoms with Gasteiger partial charge in [-0.1, -0.05) is 29.3 Å². The second-order valence-electron chi connectivity index (χ2n) is 6.23. The number of rotatable bonds is 6. The van der Waals surface area contributed by atoms with Gasteiger partial charge in [0, 0.05) is 18.0 Å². The molecule has 0 spiro atoms. The van der Waals surface area contributed by atoms with Crippen molar-refractivity contribution in [2.24, 2.45) is 0 Å². The molecule has 10 heteroatoms. The average molecular weight is 422 g/mol. The summed E-state index contributed by atoms with van der Waals surface area (Å²) in [7, 11) is 0. The number of nitrogens with one attached hydrogen (secondary N) is 1. The van der Waals surface area contributed by atoms with Gasteiger partial charge < -0.3 is 10.4 Å². The highest BCUT2D eigenvalue weighted by atomic mass is 35.5. The number of aromatic carboxylic acids is 1. The third-order valence-electron chi connectivity index (χ3n) is 4.15. The first-order valence-corrected chi connectivity index (χ1v) is 9.08. The van der Waals surface area contributed by atoms with Crippen molar-refractivity contribution in [2.75, 3.05) is 5.32 Å². The number of aryl methyl sites for hydroxylation is 1. The summed E-state index contributed by atoms with van der Waals surface area (Å²) in [5.41, 5.74) is 1.65. The Morgan fingerprint density at radius 2 is 1.93 bits per heavy atom. The van der Waals surface area contributed by atoms with Crippen LogP contribution < -0.4 is 5.32 Å². The molecule has 0 radical (unpaired) electrons. The van der Waals surface area contributed by atoms with Crippen molar-refractivity contribution in [2.45, 2.75) is 26.4 Å². The van der Waals surface area contributed by atoms with Crippen LogP contribution in [-0.2, 0) is 11.3 Å². The standard InChI is InChI=1S/C18H17Cl2N5O3/c1-10-7-16(23-25(10)9-12-3-4-13(19)14(20)8-12)21-17(26)11(2)24-6-5-15(22-24)18(27)28/h3-8,11H,9H2,1-2H3,(H,27,28)(H,21,23,26). The first-order valence-electron chi connectivity index (χ1n) is 8.32. The van der Waals surface area contributed by atoms with Gasteiger partial charge >= 0.3 is 5.97 Å². The van der Waals surface area contributed by atoms with E-state index in [1.165, 1.54) is 16.9 Å². The van der Waals surface area contributed by atoms with Crippen molar-refractivity contribution < 1.29 is 14.7 Å². The minimum Gasteiger partial charge on any atom is -0.476 e. The van der Waals surface area contributed by atoms with Crippen LogP contribution in [0.2, 0.25) is 10.0 Å². The van der Waals surface area contributed by atoms with Gasteiger partial charge in [0.1, 0.15) is 6.04 Å². The van der Waals surface area contributed by atoms with E-state index in [9.17, 15) is 9.59 Å². The minimum atomic E-state index is -1.15. The van der Waals surface area contributed by atoms with Gasteiger partial charge in [0.15, 0.2) is 11.5 Å². The van der Waals surface area contributed by atoms with Crippen LogP contribution in [0.15, 0.2) is 36.5 Å². The Kier molecular flexibility index (Phi) is 5.71. The number of carboxylic acid groups (broad SMARTS) is 1. The highest BCUT2D eigenvalue weighted by Crippen LogP contribution is 2.23. The number of halogens is 2. The number of hydrogen-bond acceptors (Lipinski definition) is 4. The third kappa shape index (κ3) is 4.35. The average Bonchev–Trinajstić information content (AvgIpc) is 3.25. The molecule has 0 fully saturated rings. The Bertz CT molecular complexity index is 1040. The molecular formula is C18H17Cl2N5O3. The molecule has 0 saturated heterocycles. The molecule has 3 rings (SSSR count). The summed E-state index contributed by atoms with van der Waals surface area (Å²) < 4.78 is 3.02. The summed E-state index contributed by atoms with van der Waals surface area (Å²) >= 11 is 12.0. The Morgan fingerprint density at radius 1 is 1.18 bits per heavy atom. The molecule has 2 aromatic heterocycles. The molecule has 1 atom stereocenters. The SMILES string of the molecule is Cc1cc(NC(=O)C(C)n2ccc(C(=O)O)n2)nn1Cc1ccc(Cl)c(Cl)c1. The molecule has 2 N–H and O–H groups in total. The minimum absolute atomic E-state index is 0.124. The second kappa shape index (κ2) is 8.04. The van der Waals surface area contributed by atoms with Gasteiger partial charge in [-0.3, -0.25) is 14.2 Å². The van der Waals surface area contributed by atoms with Crippen LogP contribution in [0.4, 0.5) is 5.82 Å². The molecule has 2 heterocycles. The molecule has 146 valence electrons. The lowest BCUT2D eigenvalue weighted by molar-refractivity contribution is -0.119. The zero-order valence-corrected chi connectivity index (χ0v) is 16.6. The largest absolute Gasteiger partial charge is 0.476 e. The zero-order valence-electron chi connectivity index (χ0n) is 15.1. The molecule has 28 heavy (non-hydrogen) atoms. The van der Waals surface area contributed by atoms with Crippen molar-refractivity contribution in [3.8, 4) is 0 Å². The molecule has 0 aliphatic rings. The van der Waals surface area contributed by atoms with Gasteiger partial charge in [-0.2, -0.15) is 10.2 Å². The normalized spacial score (nSPS) is 12.0. The summed E-state index contributed by atoms with van der Waals surface area (Å²) in [5, 5.41) is 20.9. The van der Waals surface area contributed by atoms with E-state index in [-0.39, 0.29) is 11.6 Å². The summed E-state index contributed by atoms with van der Waals surface area (Å²) in [6.45, 7) is 3.96. The van der Waals surface area contributed by atoms with Crippen molar-refractivity contribution in [1.82, 2.24) is 19.6 Å². The van der Waals surface area contributed by atoms with E-state index in [1.807, 2.05) is 13.0 Å². The van der Waals surface area contributed by atoms with E-state index in [2.05, 4.69) is 15.5 Å². The van der Waals surface area contributed by atoms with E-state index in [0.29, 0.717) is 22.4 Å². The molecule has 8 nitrogen and oxygen atoms in total. The monoisotopic (exact) mass is 421 g/mol. The third-order valence-corrected chi connectivity index (χ3v) is 4.89. The number of aromatic nitrogens is 4. The number of benzene rings is 1. The summed E-state index contributed by atoms with van der Waals surface area (Å²) in [6.07, 6.45) is 1.45.